The average Bonchev–Trinajstić information content (AvgIpc) is 2.29. The molecule has 16 heavy (non-hydrogen) atoms. The summed E-state index contributed by atoms with van der Waals surface area (Å²) in [5.74, 6) is 0.228. The highest BCUT2D eigenvalue weighted by Crippen LogP contribution is 2.15. The number of carbonyl (C=O) groups excluding carboxylic acids is 2. The van der Waals surface area contributed by atoms with Gasteiger partial charge in [-0.2, -0.15) is 0 Å². The topological polar surface area (TPSA) is 43.4 Å². The molecule has 1 aromatic carbocycles. The van der Waals surface area contributed by atoms with Crippen LogP contribution >= 0.6 is 0 Å². The van der Waals surface area contributed by atoms with Crippen molar-refractivity contribution in [3.8, 4) is 5.75 Å². The molecule has 3 heteroatoms. The summed E-state index contributed by atoms with van der Waals surface area (Å²) in [6.07, 6.45) is 1.66. The second-order valence-electron chi connectivity index (χ2n) is 3.53. The number of rotatable bonds is 5. The van der Waals surface area contributed by atoms with Crippen molar-refractivity contribution in [3.63, 3.8) is 0 Å². The molecule has 0 aliphatic rings. The van der Waals surface area contributed by atoms with Crippen LogP contribution in [0.3, 0.4) is 0 Å². The number of ether oxygens (including phenoxy) is 1. The Morgan fingerprint density at radius 3 is 2.62 bits per heavy atom. The molecule has 0 fully saturated rings. The standard InChI is InChI=1S/C13H16O3/c1-3-6-12(14)10-7-5-8-11(9-10)16-13(15)4-2/h5,7-9H,3-4,6H2,1-2H3. The van der Waals surface area contributed by atoms with E-state index in [0.717, 1.165) is 6.42 Å². The maximum atomic E-state index is 11.6. The van der Waals surface area contributed by atoms with Gasteiger partial charge in [-0.15, -0.1) is 0 Å². The minimum atomic E-state index is -0.292. The first-order valence-corrected chi connectivity index (χ1v) is 5.51. The fourth-order valence-electron chi connectivity index (χ4n) is 1.31. The normalized spacial score (nSPS) is 9.88. The van der Waals surface area contributed by atoms with Crippen molar-refractivity contribution in [1.29, 1.82) is 0 Å². The zero-order chi connectivity index (χ0) is 12.0. The van der Waals surface area contributed by atoms with E-state index in [-0.39, 0.29) is 11.8 Å². The van der Waals surface area contributed by atoms with Crippen LogP contribution < -0.4 is 4.74 Å². The van der Waals surface area contributed by atoms with Gasteiger partial charge in [0.25, 0.3) is 0 Å². The second kappa shape index (κ2) is 6.05. The van der Waals surface area contributed by atoms with Crippen LogP contribution in [-0.4, -0.2) is 11.8 Å². The van der Waals surface area contributed by atoms with Crippen LogP contribution in [0, 0.1) is 0 Å². The number of ketones is 1. The predicted molar refractivity (Wildman–Crippen MR) is 61.6 cm³/mol. The Morgan fingerprint density at radius 1 is 1.25 bits per heavy atom. The SMILES string of the molecule is CCCC(=O)c1cccc(OC(=O)CC)c1. The number of benzene rings is 1. The van der Waals surface area contributed by atoms with Crippen LogP contribution in [0.2, 0.25) is 0 Å². The van der Waals surface area contributed by atoms with E-state index in [1.54, 1.807) is 31.2 Å². The third-order valence-electron chi connectivity index (χ3n) is 2.15. The maximum absolute atomic E-state index is 11.6. The molecule has 86 valence electrons. The first kappa shape index (κ1) is 12.4. The van der Waals surface area contributed by atoms with E-state index in [9.17, 15) is 9.59 Å². The summed E-state index contributed by atoms with van der Waals surface area (Å²) < 4.78 is 5.04. The molecule has 0 heterocycles. The lowest BCUT2D eigenvalue weighted by Crippen LogP contribution is -2.06. The minimum Gasteiger partial charge on any atom is -0.427 e. The molecule has 0 unspecified atom stereocenters. The lowest BCUT2D eigenvalue weighted by Gasteiger charge is -2.04. The molecular formula is C13H16O3. The quantitative estimate of drug-likeness (QED) is 0.435. The van der Waals surface area contributed by atoms with E-state index >= 15 is 0 Å². The van der Waals surface area contributed by atoms with Crippen molar-refractivity contribution in [2.24, 2.45) is 0 Å². The molecule has 0 saturated carbocycles. The molecule has 0 atom stereocenters. The molecule has 0 spiro atoms. The monoisotopic (exact) mass is 220 g/mol. The van der Waals surface area contributed by atoms with E-state index in [2.05, 4.69) is 0 Å². The van der Waals surface area contributed by atoms with Gasteiger partial charge in [0.1, 0.15) is 5.75 Å². The summed E-state index contributed by atoms with van der Waals surface area (Å²) in [6.45, 7) is 3.69. The number of carbonyl (C=O) groups is 2. The first-order valence-electron chi connectivity index (χ1n) is 5.51. The van der Waals surface area contributed by atoms with E-state index in [1.807, 2.05) is 6.92 Å². The zero-order valence-corrected chi connectivity index (χ0v) is 9.66. The van der Waals surface area contributed by atoms with E-state index in [1.165, 1.54) is 0 Å². The van der Waals surface area contributed by atoms with Crippen molar-refractivity contribution in [2.75, 3.05) is 0 Å². The van der Waals surface area contributed by atoms with Crippen molar-refractivity contribution in [3.05, 3.63) is 29.8 Å². The van der Waals surface area contributed by atoms with Gasteiger partial charge in [-0.25, -0.2) is 0 Å². The molecule has 0 aromatic heterocycles. The lowest BCUT2D eigenvalue weighted by atomic mass is 10.1. The first-order chi connectivity index (χ1) is 7.67. The second-order valence-corrected chi connectivity index (χ2v) is 3.53. The summed E-state index contributed by atoms with van der Waals surface area (Å²) in [5, 5.41) is 0. The third kappa shape index (κ3) is 3.50. The van der Waals surface area contributed by atoms with Crippen molar-refractivity contribution < 1.29 is 14.3 Å². The van der Waals surface area contributed by atoms with Gasteiger partial charge in [0.15, 0.2) is 5.78 Å². The molecule has 3 nitrogen and oxygen atoms in total. The van der Waals surface area contributed by atoms with Crippen LogP contribution in [0.5, 0.6) is 5.75 Å². The summed E-state index contributed by atoms with van der Waals surface area (Å²) in [4.78, 5) is 22.7. The predicted octanol–water partition coefficient (Wildman–Crippen LogP) is 2.98. The Kier molecular flexibility index (Phi) is 4.70. The van der Waals surface area contributed by atoms with Gasteiger partial charge < -0.3 is 4.74 Å². The van der Waals surface area contributed by atoms with Crippen LogP contribution in [0.4, 0.5) is 0 Å². The maximum Gasteiger partial charge on any atom is 0.310 e. The van der Waals surface area contributed by atoms with Gasteiger partial charge >= 0.3 is 5.97 Å². The highest BCUT2D eigenvalue weighted by molar-refractivity contribution is 5.96. The molecule has 1 aromatic rings. The van der Waals surface area contributed by atoms with Gasteiger partial charge in [0, 0.05) is 18.4 Å². The summed E-state index contributed by atoms with van der Waals surface area (Å²) in [6, 6.07) is 6.75. The van der Waals surface area contributed by atoms with Gasteiger partial charge in [0.05, 0.1) is 0 Å². The van der Waals surface area contributed by atoms with E-state index in [4.69, 9.17) is 4.74 Å². The average molecular weight is 220 g/mol. The largest absolute Gasteiger partial charge is 0.427 e. The molecular weight excluding hydrogens is 204 g/mol. The van der Waals surface area contributed by atoms with E-state index < -0.39 is 0 Å². The molecule has 0 bridgehead atoms. The number of hydrogen-bond acceptors (Lipinski definition) is 3. The Labute approximate surface area is 95.4 Å². The van der Waals surface area contributed by atoms with Crippen LogP contribution in [-0.2, 0) is 4.79 Å². The van der Waals surface area contributed by atoms with Crippen molar-refractivity contribution in [1.82, 2.24) is 0 Å². The van der Waals surface area contributed by atoms with Gasteiger partial charge in [-0.1, -0.05) is 26.0 Å². The smallest absolute Gasteiger partial charge is 0.310 e. The summed E-state index contributed by atoms with van der Waals surface area (Å²) in [5.41, 5.74) is 0.600. The Balaban J connectivity index is 2.78. The molecule has 0 saturated heterocycles. The molecule has 0 aliphatic carbocycles. The Morgan fingerprint density at radius 2 is 2.00 bits per heavy atom. The van der Waals surface area contributed by atoms with E-state index in [0.29, 0.717) is 24.2 Å². The number of Topliss-reactive ketones (excluding diaryl/α,β-unsaturated/α-hetero) is 1. The van der Waals surface area contributed by atoms with Gasteiger partial charge in [-0.3, -0.25) is 9.59 Å². The van der Waals surface area contributed by atoms with Crippen molar-refractivity contribution >= 4 is 11.8 Å². The molecule has 0 N–H and O–H groups in total. The fourth-order valence-corrected chi connectivity index (χ4v) is 1.31. The molecule has 0 radical (unpaired) electrons. The highest BCUT2D eigenvalue weighted by atomic mass is 16.5. The molecule has 1 rings (SSSR count). The third-order valence-corrected chi connectivity index (χ3v) is 2.15. The lowest BCUT2D eigenvalue weighted by molar-refractivity contribution is -0.134. The number of esters is 1. The Hall–Kier alpha value is -1.64. The Bertz CT molecular complexity index is 383. The van der Waals surface area contributed by atoms with Crippen molar-refractivity contribution in [2.45, 2.75) is 33.1 Å². The summed E-state index contributed by atoms with van der Waals surface area (Å²) >= 11 is 0. The highest BCUT2D eigenvalue weighted by Gasteiger charge is 2.07. The van der Waals surface area contributed by atoms with Crippen LogP contribution in [0.15, 0.2) is 24.3 Å². The fraction of sp³-hybridized carbons (Fsp3) is 0.385. The van der Waals surface area contributed by atoms with Gasteiger partial charge in [-0.05, 0) is 18.6 Å². The van der Waals surface area contributed by atoms with Crippen LogP contribution in [0.25, 0.3) is 0 Å². The van der Waals surface area contributed by atoms with Crippen LogP contribution in [0.1, 0.15) is 43.5 Å². The summed E-state index contributed by atoms with van der Waals surface area (Å²) in [7, 11) is 0. The minimum absolute atomic E-state index is 0.0805. The molecule has 0 aliphatic heterocycles. The number of hydrogen-bond donors (Lipinski definition) is 0. The van der Waals surface area contributed by atoms with Gasteiger partial charge in [0.2, 0.25) is 0 Å². The molecule has 0 amide bonds. The zero-order valence-electron chi connectivity index (χ0n) is 9.66.